The number of piperidine rings is 1. The topological polar surface area (TPSA) is 101 Å². The molecule has 1 atom stereocenters. The summed E-state index contributed by atoms with van der Waals surface area (Å²) in [6.45, 7) is 3.91. The van der Waals surface area contributed by atoms with Crippen LogP contribution in [0.5, 0.6) is 11.5 Å². The van der Waals surface area contributed by atoms with E-state index in [0.717, 1.165) is 50.0 Å². The van der Waals surface area contributed by atoms with E-state index in [4.69, 9.17) is 10.5 Å². The number of nitrogens with two attached hydrogens (primary N) is 1. The number of urea groups is 2. The van der Waals surface area contributed by atoms with E-state index in [-0.39, 0.29) is 22.6 Å². The van der Waals surface area contributed by atoms with Crippen molar-refractivity contribution in [3.05, 3.63) is 48.3 Å². The number of fused-ring (bicyclic) bond motifs is 1. The second kappa shape index (κ2) is 9.22. The molecule has 0 radical (unpaired) electrons. The van der Waals surface area contributed by atoms with Crippen LogP contribution in [0, 0.1) is 0 Å². The number of anilines is 1. The van der Waals surface area contributed by atoms with Crippen LogP contribution in [-0.2, 0) is 0 Å². The summed E-state index contributed by atoms with van der Waals surface area (Å²) in [6.07, 6.45) is 12.1. The molecule has 9 heteroatoms. The number of quaternary nitrogens is 1. The molecular formula is C27H33N6O3+. The molecule has 0 spiro atoms. The Morgan fingerprint density at radius 2 is 1.75 bits per heavy atom. The minimum atomic E-state index is -0.351. The quantitative estimate of drug-likeness (QED) is 0.603. The lowest BCUT2D eigenvalue weighted by Gasteiger charge is -2.36. The normalized spacial score (nSPS) is 24.1. The number of likely N-dealkylation sites (tertiary alicyclic amines) is 2. The van der Waals surface area contributed by atoms with E-state index < -0.39 is 0 Å². The lowest BCUT2D eigenvalue weighted by atomic mass is 10.0. The standard InChI is InChI=1S/C27H32N6O3/c28-26(34)33(21-3-4-21)16-10-19-17-22(5-6-24(19)33)36-23-7-11-29-25(18-23)30-27(35)32-14-8-20(9-15-32)31-12-1-2-13-31/h5-7,10-11,16-18,20-21H,1-4,8-9,12-15H2,(H2-,28,29,30,34,35)/p+1. The van der Waals surface area contributed by atoms with Gasteiger partial charge >= 0.3 is 12.1 Å². The first-order valence-corrected chi connectivity index (χ1v) is 13.0. The summed E-state index contributed by atoms with van der Waals surface area (Å²) < 4.78 is 6.17. The summed E-state index contributed by atoms with van der Waals surface area (Å²) in [5.41, 5.74) is 7.62. The van der Waals surface area contributed by atoms with Gasteiger partial charge in [-0.05, 0) is 57.0 Å². The van der Waals surface area contributed by atoms with E-state index in [1.165, 1.54) is 25.9 Å². The van der Waals surface area contributed by atoms with Gasteiger partial charge in [-0.25, -0.2) is 14.6 Å². The maximum atomic E-state index is 12.8. The van der Waals surface area contributed by atoms with Crippen LogP contribution >= 0.6 is 0 Å². The highest BCUT2D eigenvalue weighted by molar-refractivity contribution is 5.95. The monoisotopic (exact) mass is 489 g/mol. The van der Waals surface area contributed by atoms with Crippen molar-refractivity contribution in [3.8, 4) is 11.5 Å². The van der Waals surface area contributed by atoms with E-state index in [9.17, 15) is 9.59 Å². The number of pyridine rings is 1. The first kappa shape index (κ1) is 23.0. The summed E-state index contributed by atoms with van der Waals surface area (Å²) in [4.78, 5) is 33.9. The molecule has 2 saturated heterocycles. The van der Waals surface area contributed by atoms with Crippen molar-refractivity contribution in [1.29, 1.82) is 0 Å². The van der Waals surface area contributed by atoms with Crippen molar-refractivity contribution in [1.82, 2.24) is 19.3 Å². The van der Waals surface area contributed by atoms with Crippen molar-refractivity contribution >= 4 is 29.6 Å². The first-order chi connectivity index (χ1) is 17.5. The third-order valence-electron chi connectivity index (χ3n) is 7.99. The van der Waals surface area contributed by atoms with E-state index in [2.05, 4.69) is 15.2 Å². The molecule has 3 aliphatic heterocycles. The fourth-order valence-electron chi connectivity index (χ4n) is 5.93. The van der Waals surface area contributed by atoms with Gasteiger partial charge in [-0.15, -0.1) is 0 Å². The zero-order chi connectivity index (χ0) is 24.7. The highest BCUT2D eigenvalue weighted by atomic mass is 16.5. The number of benzene rings is 1. The fourth-order valence-corrected chi connectivity index (χ4v) is 5.93. The number of nitrogens with zero attached hydrogens (tertiary/aromatic N) is 4. The number of primary amides is 1. The Kier molecular flexibility index (Phi) is 5.89. The Labute approximate surface area is 211 Å². The number of carbonyl (C=O) groups excluding carboxylic acids is 2. The molecule has 4 amide bonds. The molecule has 1 aromatic heterocycles. The number of amides is 4. The van der Waals surface area contributed by atoms with Gasteiger partial charge in [0.2, 0.25) is 0 Å². The van der Waals surface area contributed by atoms with Crippen LogP contribution < -0.4 is 20.3 Å². The molecule has 0 bridgehead atoms. The molecule has 6 rings (SSSR count). The number of ether oxygens (including phenoxy) is 1. The summed E-state index contributed by atoms with van der Waals surface area (Å²) in [5.74, 6) is 1.68. The van der Waals surface area contributed by atoms with Crippen molar-refractivity contribution in [3.63, 3.8) is 0 Å². The Morgan fingerprint density at radius 3 is 2.47 bits per heavy atom. The molecule has 4 aliphatic rings. The van der Waals surface area contributed by atoms with E-state index in [1.54, 1.807) is 18.3 Å². The molecule has 188 valence electrons. The zero-order valence-electron chi connectivity index (χ0n) is 20.4. The Morgan fingerprint density at radius 1 is 1.00 bits per heavy atom. The van der Waals surface area contributed by atoms with Crippen LogP contribution in [0.3, 0.4) is 0 Å². The average molecular weight is 490 g/mol. The maximum absolute atomic E-state index is 12.8. The largest absolute Gasteiger partial charge is 0.457 e. The highest BCUT2D eigenvalue weighted by Gasteiger charge is 2.53. The van der Waals surface area contributed by atoms with Gasteiger partial charge in [-0.3, -0.25) is 5.32 Å². The van der Waals surface area contributed by atoms with Gasteiger partial charge in [-0.1, -0.05) is 0 Å². The average Bonchev–Trinajstić information content (AvgIpc) is 3.44. The number of nitrogens with one attached hydrogen (secondary N) is 1. The van der Waals surface area contributed by atoms with Crippen LogP contribution in [0.15, 0.2) is 42.7 Å². The second-order valence-corrected chi connectivity index (χ2v) is 10.3. The molecule has 1 unspecified atom stereocenters. The lowest BCUT2D eigenvalue weighted by Crippen LogP contribution is -2.53. The smallest absolute Gasteiger partial charge is 0.423 e. The molecule has 36 heavy (non-hydrogen) atoms. The minimum absolute atomic E-state index is 0.0936. The van der Waals surface area contributed by atoms with Crippen molar-refractivity contribution in [2.45, 2.75) is 50.6 Å². The van der Waals surface area contributed by atoms with Crippen molar-refractivity contribution < 1.29 is 14.3 Å². The predicted molar refractivity (Wildman–Crippen MR) is 139 cm³/mol. The van der Waals surface area contributed by atoms with Crippen molar-refractivity contribution in [2.24, 2.45) is 5.73 Å². The van der Waals surface area contributed by atoms with Crippen LogP contribution in [0.25, 0.3) is 6.08 Å². The predicted octanol–water partition coefficient (Wildman–Crippen LogP) is 4.50. The molecule has 3 fully saturated rings. The van der Waals surface area contributed by atoms with Crippen LogP contribution in [0.4, 0.5) is 21.1 Å². The fraction of sp³-hybridized carbons (Fsp3) is 0.444. The zero-order valence-corrected chi connectivity index (χ0v) is 20.4. The van der Waals surface area contributed by atoms with Gasteiger partial charge in [0.15, 0.2) is 5.69 Å². The minimum Gasteiger partial charge on any atom is -0.457 e. The molecule has 1 saturated carbocycles. The number of carbonyl (C=O) groups is 2. The highest BCUT2D eigenvalue weighted by Crippen LogP contribution is 2.46. The number of hydrogen-bond donors (Lipinski definition) is 2. The lowest BCUT2D eigenvalue weighted by molar-refractivity contribution is 0.140. The number of hydrogen-bond acceptors (Lipinski definition) is 5. The summed E-state index contributed by atoms with van der Waals surface area (Å²) in [7, 11) is 0. The SMILES string of the molecule is NC(=O)[N+]1(C2CC2)C=Cc2cc(Oc3ccnc(NC(=O)N4CCC(N5CCCC5)CC4)c3)ccc21. The molecule has 1 aliphatic carbocycles. The number of aromatic nitrogens is 1. The Hall–Kier alpha value is -3.43. The third kappa shape index (κ3) is 4.22. The first-order valence-electron chi connectivity index (χ1n) is 13.0. The Bertz CT molecular complexity index is 1200. The van der Waals surface area contributed by atoms with E-state index >= 15 is 0 Å². The van der Waals surface area contributed by atoms with E-state index in [0.29, 0.717) is 23.4 Å². The van der Waals surface area contributed by atoms with Crippen LogP contribution in [0.2, 0.25) is 0 Å². The summed E-state index contributed by atoms with van der Waals surface area (Å²) in [5, 5.41) is 2.92. The summed E-state index contributed by atoms with van der Waals surface area (Å²) in [6, 6.07) is 9.53. The molecule has 3 N–H and O–H groups in total. The molecule has 2 aromatic rings. The maximum Gasteiger partial charge on any atom is 0.423 e. The van der Waals surface area contributed by atoms with Gasteiger partial charge in [0, 0.05) is 61.9 Å². The van der Waals surface area contributed by atoms with Crippen LogP contribution in [0.1, 0.15) is 44.1 Å². The molecule has 4 heterocycles. The van der Waals surface area contributed by atoms with E-state index in [1.807, 2.05) is 35.4 Å². The summed E-state index contributed by atoms with van der Waals surface area (Å²) >= 11 is 0. The van der Waals surface area contributed by atoms with Gasteiger partial charge in [0.05, 0.1) is 0 Å². The van der Waals surface area contributed by atoms with Crippen molar-refractivity contribution in [2.75, 3.05) is 31.5 Å². The molecular weight excluding hydrogens is 456 g/mol. The molecule has 9 nitrogen and oxygen atoms in total. The number of rotatable bonds is 5. The second-order valence-electron chi connectivity index (χ2n) is 10.3. The van der Waals surface area contributed by atoms with Crippen LogP contribution in [-0.4, -0.2) is 65.1 Å². The Balaban J connectivity index is 1.09. The van der Waals surface area contributed by atoms with Gasteiger partial charge in [-0.2, -0.15) is 4.48 Å². The molecule has 1 aromatic carbocycles. The van der Waals surface area contributed by atoms with Gasteiger partial charge < -0.3 is 20.3 Å². The van der Waals surface area contributed by atoms with Gasteiger partial charge in [0.1, 0.15) is 29.6 Å². The van der Waals surface area contributed by atoms with Gasteiger partial charge in [0.25, 0.3) is 0 Å². The third-order valence-corrected chi connectivity index (χ3v) is 7.99.